The molecule has 0 spiro atoms. The zero-order chi connectivity index (χ0) is 11.8. The number of fused-ring (bicyclic) bond motifs is 1. The molecular weight excluding hydrogens is 219 g/mol. The third-order valence-corrected chi connectivity index (χ3v) is 2.78. The summed E-state index contributed by atoms with van der Waals surface area (Å²) in [6, 6.07) is 4.75. The first-order chi connectivity index (χ1) is 7.54. The molecule has 2 rings (SSSR count). The van der Waals surface area contributed by atoms with E-state index in [0.717, 1.165) is 0 Å². The zero-order valence-electron chi connectivity index (χ0n) is 8.77. The summed E-state index contributed by atoms with van der Waals surface area (Å²) in [6.45, 7) is 0.317. The first kappa shape index (κ1) is 11.1. The van der Waals surface area contributed by atoms with E-state index in [2.05, 4.69) is 5.32 Å². The number of halogens is 3. The summed E-state index contributed by atoms with van der Waals surface area (Å²) < 4.78 is 43.4. The second-order valence-electron chi connectivity index (χ2n) is 3.73. The summed E-state index contributed by atoms with van der Waals surface area (Å²) in [6.07, 6.45) is -4.12. The van der Waals surface area contributed by atoms with Crippen LogP contribution in [-0.4, -0.2) is 19.8 Å². The Bertz CT molecular complexity index is 389. The normalized spacial score (nSPS) is 19.9. The number of hydrogen-bond donors (Lipinski definition) is 1. The molecule has 1 N–H and O–H groups in total. The Labute approximate surface area is 91.4 Å². The molecule has 5 heteroatoms. The summed E-state index contributed by atoms with van der Waals surface area (Å²) >= 11 is 0. The Morgan fingerprint density at radius 2 is 2.12 bits per heavy atom. The van der Waals surface area contributed by atoms with Gasteiger partial charge in [-0.2, -0.15) is 13.2 Å². The summed E-state index contributed by atoms with van der Waals surface area (Å²) in [5, 5.41) is 2.96. The van der Waals surface area contributed by atoms with Gasteiger partial charge in [-0.15, -0.1) is 0 Å². The SMILES string of the molecule is COc1cccc2c1NCCC2C(F)(F)F. The first-order valence-electron chi connectivity index (χ1n) is 5.01. The molecule has 1 aliphatic heterocycles. The van der Waals surface area contributed by atoms with Gasteiger partial charge in [0.15, 0.2) is 0 Å². The van der Waals surface area contributed by atoms with E-state index in [4.69, 9.17) is 4.74 Å². The first-order valence-corrected chi connectivity index (χ1v) is 5.01. The molecule has 88 valence electrons. The molecule has 2 nitrogen and oxygen atoms in total. The number of ether oxygens (including phenoxy) is 1. The molecule has 16 heavy (non-hydrogen) atoms. The number of alkyl halides is 3. The number of methoxy groups -OCH3 is 1. The molecule has 1 aromatic carbocycles. The van der Waals surface area contributed by atoms with E-state index in [1.54, 1.807) is 12.1 Å². The van der Waals surface area contributed by atoms with Crippen molar-refractivity contribution in [1.82, 2.24) is 0 Å². The highest BCUT2D eigenvalue weighted by Gasteiger charge is 2.43. The zero-order valence-corrected chi connectivity index (χ0v) is 8.77. The Balaban J connectivity index is 2.47. The van der Waals surface area contributed by atoms with Crippen molar-refractivity contribution < 1.29 is 17.9 Å². The molecule has 0 aliphatic carbocycles. The van der Waals surface area contributed by atoms with Gasteiger partial charge in [0.25, 0.3) is 0 Å². The van der Waals surface area contributed by atoms with Crippen LogP contribution in [0.15, 0.2) is 18.2 Å². The Morgan fingerprint density at radius 3 is 2.75 bits per heavy atom. The van der Waals surface area contributed by atoms with E-state index in [-0.39, 0.29) is 12.0 Å². The molecule has 0 saturated carbocycles. The van der Waals surface area contributed by atoms with E-state index in [1.165, 1.54) is 13.2 Å². The van der Waals surface area contributed by atoms with Crippen molar-refractivity contribution >= 4 is 5.69 Å². The molecule has 0 saturated heterocycles. The quantitative estimate of drug-likeness (QED) is 0.801. The van der Waals surface area contributed by atoms with Crippen molar-refractivity contribution in [3.8, 4) is 5.75 Å². The fourth-order valence-corrected chi connectivity index (χ4v) is 2.03. The molecule has 0 radical (unpaired) electrons. The van der Waals surface area contributed by atoms with Gasteiger partial charge in [-0.05, 0) is 18.1 Å². The number of para-hydroxylation sites is 1. The van der Waals surface area contributed by atoms with Crippen molar-refractivity contribution in [1.29, 1.82) is 0 Å². The van der Waals surface area contributed by atoms with Crippen molar-refractivity contribution in [2.75, 3.05) is 19.0 Å². The third kappa shape index (κ3) is 1.81. The Kier molecular flexibility index (Phi) is 2.69. The summed E-state index contributed by atoms with van der Waals surface area (Å²) in [7, 11) is 1.45. The van der Waals surface area contributed by atoms with Crippen LogP contribution in [0, 0.1) is 0 Å². The van der Waals surface area contributed by atoms with Crippen molar-refractivity contribution in [3.63, 3.8) is 0 Å². The second kappa shape index (κ2) is 3.88. The molecule has 1 aromatic rings. The molecule has 0 aromatic heterocycles. The summed E-state index contributed by atoms with van der Waals surface area (Å²) in [5.41, 5.74) is 0.747. The molecule has 0 bridgehead atoms. The van der Waals surface area contributed by atoms with Crippen LogP contribution in [0.3, 0.4) is 0 Å². The topological polar surface area (TPSA) is 21.3 Å². The molecule has 0 amide bonds. The molecule has 1 aliphatic rings. The highest BCUT2D eigenvalue weighted by Crippen LogP contribution is 2.45. The lowest BCUT2D eigenvalue weighted by molar-refractivity contribution is -0.151. The van der Waals surface area contributed by atoms with Crippen LogP contribution in [0.25, 0.3) is 0 Å². The number of anilines is 1. The average Bonchev–Trinajstić information content (AvgIpc) is 2.26. The Hall–Kier alpha value is -1.39. The van der Waals surface area contributed by atoms with E-state index < -0.39 is 12.1 Å². The van der Waals surface area contributed by atoms with Crippen LogP contribution >= 0.6 is 0 Å². The lowest BCUT2D eigenvalue weighted by Crippen LogP contribution is -2.28. The van der Waals surface area contributed by atoms with Crippen LogP contribution in [0.2, 0.25) is 0 Å². The predicted molar refractivity (Wildman–Crippen MR) is 54.9 cm³/mol. The maximum atomic E-state index is 12.8. The molecule has 1 heterocycles. The van der Waals surface area contributed by atoms with E-state index in [1.807, 2.05) is 0 Å². The third-order valence-electron chi connectivity index (χ3n) is 2.78. The van der Waals surface area contributed by atoms with Crippen LogP contribution in [-0.2, 0) is 0 Å². The van der Waals surface area contributed by atoms with Crippen LogP contribution in [0.1, 0.15) is 17.9 Å². The predicted octanol–water partition coefficient (Wildman–Crippen LogP) is 3.16. The van der Waals surface area contributed by atoms with Gasteiger partial charge in [0.2, 0.25) is 0 Å². The molecular formula is C11H12F3NO. The van der Waals surface area contributed by atoms with E-state index in [9.17, 15) is 13.2 Å². The minimum absolute atomic E-state index is 0.0731. The van der Waals surface area contributed by atoms with Crippen molar-refractivity contribution in [2.24, 2.45) is 0 Å². The minimum atomic E-state index is -4.19. The number of benzene rings is 1. The standard InChI is InChI=1S/C11H12F3NO/c1-16-9-4-2-3-7-8(11(12,13)14)5-6-15-10(7)9/h2-4,8,15H,5-6H2,1H3. The van der Waals surface area contributed by atoms with E-state index >= 15 is 0 Å². The Morgan fingerprint density at radius 1 is 1.38 bits per heavy atom. The van der Waals surface area contributed by atoms with Gasteiger partial charge in [-0.1, -0.05) is 12.1 Å². The highest BCUT2D eigenvalue weighted by molar-refractivity contribution is 5.64. The fraction of sp³-hybridized carbons (Fsp3) is 0.455. The number of nitrogens with one attached hydrogen (secondary N) is 1. The number of rotatable bonds is 1. The minimum Gasteiger partial charge on any atom is -0.495 e. The smallest absolute Gasteiger partial charge is 0.395 e. The summed E-state index contributed by atoms with van der Waals surface area (Å²) in [4.78, 5) is 0. The fourth-order valence-electron chi connectivity index (χ4n) is 2.03. The number of hydrogen-bond acceptors (Lipinski definition) is 2. The van der Waals surface area contributed by atoms with Gasteiger partial charge in [-0.3, -0.25) is 0 Å². The molecule has 1 unspecified atom stereocenters. The maximum absolute atomic E-state index is 12.8. The second-order valence-corrected chi connectivity index (χ2v) is 3.73. The van der Waals surface area contributed by atoms with Crippen molar-refractivity contribution in [3.05, 3.63) is 23.8 Å². The van der Waals surface area contributed by atoms with Gasteiger partial charge in [0.1, 0.15) is 5.75 Å². The average molecular weight is 231 g/mol. The van der Waals surface area contributed by atoms with E-state index in [0.29, 0.717) is 18.0 Å². The lowest BCUT2D eigenvalue weighted by Gasteiger charge is -2.29. The molecule has 0 fully saturated rings. The van der Waals surface area contributed by atoms with Crippen LogP contribution < -0.4 is 10.1 Å². The summed E-state index contributed by atoms with van der Waals surface area (Å²) in [5.74, 6) is -0.926. The van der Waals surface area contributed by atoms with Crippen molar-refractivity contribution in [2.45, 2.75) is 18.5 Å². The highest BCUT2D eigenvalue weighted by atomic mass is 19.4. The largest absolute Gasteiger partial charge is 0.495 e. The van der Waals surface area contributed by atoms with Crippen LogP contribution in [0.4, 0.5) is 18.9 Å². The van der Waals surface area contributed by atoms with Gasteiger partial charge in [0, 0.05) is 6.54 Å². The van der Waals surface area contributed by atoms with Gasteiger partial charge in [-0.25, -0.2) is 0 Å². The molecule has 1 atom stereocenters. The van der Waals surface area contributed by atoms with Gasteiger partial charge < -0.3 is 10.1 Å². The maximum Gasteiger partial charge on any atom is 0.395 e. The van der Waals surface area contributed by atoms with Crippen LogP contribution in [0.5, 0.6) is 5.75 Å². The monoisotopic (exact) mass is 231 g/mol. The lowest BCUT2D eigenvalue weighted by atomic mass is 9.90. The van der Waals surface area contributed by atoms with Gasteiger partial charge in [0.05, 0.1) is 18.7 Å². The van der Waals surface area contributed by atoms with Gasteiger partial charge >= 0.3 is 6.18 Å².